The zero-order valence-electron chi connectivity index (χ0n) is 13.5. The van der Waals surface area contributed by atoms with Gasteiger partial charge in [0.05, 0.1) is 19.1 Å². The predicted octanol–water partition coefficient (Wildman–Crippen LogP) is 2.82. The van der Waals surface area contributed by atoms with Gasteiger partial charge in [-0.2, -0.15) is 0 Å². The highest BCUT2D eigenvalue weighted by Gasteiger charge is 2.29. The summed E-state index contributed by atoms with van der Waals surface area (Å²) in [6.45, 7) is 4.29. The van der Waals surface area contributed by atoms with Crippen molar-refractivity contribution < 1.29 is 14.3 Å². The quantitative estimate of drug-likeness (QED) is 0.802. The molecular weight excluding hydrogens is 290 g/mol. The van der Waals surface area contributed by atoms with Crippen molar-refractivity contribution in [2.75, 3.05) is 26.3 Å². The van der Waals surface area contributed by atoms with Crippen LogP contribution >= 0.6 is 0 Å². The number of benzene rings is 1. The number of para-hydroxylation sites is 1. The van der Waals surface area contributed by atoms with Crippen molar-refractivity contribution in [2.24, 2.45) is 5.92 Å². The van der Waals surface area contributed by atoms with Crippen LogP contribution in [0.25, 0.3) is 0 Å². The number of hydrogen-bond acceptors (Lipinski definition) is 3. The van der Waals surface area contributed by atoms with Crippen LogP contribution in [0.1, 0.15) is 13.3 Å². The lowest BCUT2D eigenvalue weighted by Gasteiger charge is -2.35. The van der Waals surface area contributed by atoms with Crippen molar-refractivity contribution in [1.82, 2.24) is 4.90 Å². The molecule has 0 aromatic heterocycles. The SMILES string of the molecule is CC1=CCC=CC1C(=O)N1CCOC(COc2ccccc2)C1. The molecule has 0 radical (unpaired) electrons. The van der Waals surface area contributed by atoms with Crippen LogP contribution < -0.4 is 4.74 Å². The fourth-order valence-corrected chi connectivity index (χ4v) is 2.95. The molecule has 1 heterocycles. The van der Waals surface area contributed by atoms with E-state index in [1.807, 2.05) is 48.2 Å². The number of nitrogens with zero attached hydrogens (tertiary/aromatic N) is 1. The minimum Gasteiger partial charge on any atom is -0.491 e. The Morgan fingerprint density at radius 1 is 1.35 bits per heavy atom. The van der Waals surface area contributed by atoms with Gasteiger partial charge in [-0.25, -0.2) is 0 Å². The fraction of sp³-hybridized carbons (Fsp3) is 0.421. The molecule has 2 unspecified atom stereocenters. The van der Waals surface area contributed by atoms with E-state index < -0.39 is 0 Å². The number of hydrogen-bond donors (Lipinski definition) is 0. The first-order chi connectivity index (χ1) is 11.2. The van der Waals surface area contributed by atoms with Gasteiger partial charge in [-0.1, -0.05) is 42.0 Å². The fourth-order valence-electron chi connectivity index (χ4n) is 2.95. The molecule has 1 aromatic rings. The van der Waals surface area contributed by atoms with Gasteiger partial charge in [-0.3, -0.25) is 4.79 Å². The molecule has 122 valence electrons. The molecule has 3 rings (SSSR count). The second-order valence-electron chi connectivity index (χ2n) is 5.99. The third-order valence-electron chi connectivity index (χ3n) is 4.29. The van der Waals surface area contributed by atoms with E-state index in [0.29, 0.717) is 26.3 Å². The van der Waals surface area contributed by atoms with Crippen LogP contribution in [0.5, 0.6) is 5.75 Å². The Labute approximate surface area is 137 Å². The number of rotatable bonds is 4. The maximum Gasteiger partial charge on any atom is 0.233 e. The third-order valence-corrected chi connectivity index (χ3v) is 4.29. The first-order valence-corrected chi connectivity index (χ1v) is 8.15. The molecule has 4 heteroatoms. The average molecular weight is 313 g/mol. The summed E-state index contributed by atoms with van der Waals surface area (Å²) in [4.78, 5) is 14.6. The summed E-state index contributed by atoms with van der Waals surface area (Å²) in [5, 5.41) is 0. The Balaban J connectivity index is 1.55. The first kappa shape index (κ1) is 15.8. The minimum atomic E-state index is -0.113. The van der Waals surface area contributed by atoms with Gasteiger partial charge in [0.15, 0.2) is 0 Å². The zero-order chi connectivity index (χ0) is 16.1. The van der Waals surface area contributed by atoms with Crippen molar-refractivity contribution >= 4 is 5.91 Å². The number of amides is 1. The molecule has 1 amide bonds. The molecule has 0 N–H and O–H groups in total. The van der Waals surface area contributed by atoms with Crippen molar-refractivity contribution in [3.8, 4) is 5.75 Å². The maximum atomic E-state index is 12.7. The van der Waals surface area contributed by atoms with Gasteiger partial charge in [0, 0.05) is 6.54 Å². The summed E-state index contributed by atoms with van der Waals surface area (Å²) in [6.07, 6.45) is 7.05. The summed E-state index contributed by atoms with van der Waals surface area (Å²) in [5.41, 5.74) is 1.14. The smallest absolute Gasteiger partial charge is 0.233 e. The predicted molar refractivity (Wildman–Crippen MR) is 89.3 cm³/mol. The van der Waals surface area contributed by atoms with E-state index in [9.17, 15) is 4.79 Å². The van der Waals surface area contributed by atoms with Gasteiger partial charge >= 0.3 is 0 Å². The summed E-state index contributed by atoms with van der Waals surface area (Å²) >= 11 is 0. The molecular formula is C19H23NO3. The molecule has 1 saturated heterocycles. The molecule has 2 atom stereocenters. The lowest BCUT2D eigenvalue weighted by atomic mass is 9.93. The van der Waals surface area contributed by atoms with Crippen LogP contribution in [0.15, 0.2) is 54.1 Å². The van der Waals surface area contributed by atoms with Crippen LogP contribution in [0.2, 0.25) is 0 Å². The Morgan fingerprint density at radius 2 is 2.17 bits per heavy atom. The first-order valence-electron chi connectivity index (χ1n) is 8.15. The molecule has 23 heavy (non-hydrogen) atoms. The second kappa shape index (κ2) is 7.47. The van der Waals surface area contributed by atoms with E-state index >= 15 is 0 Å². The van der Waals surface area contributed by atoms with Crippen molar-refractivity contribution in [3.63, 3.8) is 0 Å². The lowest BCUT2D eigenvalue weighted by Crippen LogP contribution is -2.49. The lowest BCUT2D eigenvalue weighted by molar-refractivity contribution is -0.141. The van der Waals surface area contributed by atoms with Gasteiger partial charge in [0.2, 0.25) is 5.91 Å². The Kier molecular flexibility index (Phi) is 5.13. The largest absolute Gasteiger partial charge is 0.491 e. The normalized spacial score (nSPS) is 24.2. The third kappa shape index (κ3) is 4.02. The maximum absolute atomic E-state index is 12.7. The van der Waals surface area contributed by atoms with E-state index in [4.69, 9.17) is 9.47 Å². The van der Waals surface area contributed by atoms with Gasteiger partial charge in [-0.05, 0) is 25.5 Å². The topological polar surface area (TPSA) is 38.8 Å². The highest BCUT2D eigenvalue weighted by atomic mass is 16.5. The molecule has 2 aliphatic rings. The second-order valence-corrected chi connectivity index (χ2v) is 5.99. The monoisotopic (exact) mass is 313 g/mol. The van der Waals surface area contributed by atoms with E-state index in [1.54, 1.807) is 0 Å². The standard InChI is InChI=1S/C19H23NO3/c1-15-7-5-6-10-18(15)19(21)20-11-12-22-17(13-20)14-23-16-8-3-2-4-9-16/h2-4,6-10,17-18H,5,11-14H2,1H3. The zero-order valence-corrected chi connectivity index (χ0v) is 13.5. The number of ether oxygens (including phenoxy) is 2. The van der Waals surface area contributed by atoms with E-state index in [2.05, 4.69) is 12.2 Å². The van der Waals surface area contributed by atoms with Crippen LogP contribution in [0, 0.1) is 5.92 Å². The summed E-state index contributed by atoms with van der Waals surface area (Å²) < 4.78 is 11.5. The summed E-state index contributed by atoms with van der Waals surface area (Å²) in [6, 6.07) is 9.69. The number of carbonyl (C=O) groups excluding carboxylic acids is 1. The molecule has 1 aliphatic carbocycles. The van der Waals surface area contributed by atoms with Crippen molar-refractivity contribution in [1.29, 1.82) is 0 Å². The molecule has 0 saturated carbocycles. The average Bonchev–Trinajstić information content (AvgIpc) is 2.61. The van der Waals surface area contributed by atoms with E-state index in [1.165, 1.54) is 0 Å². The van der Waals surface area contributed by atoms with Gasteiger partial charge in [0.25, 0.3) is 0 Å². The Morgan fingerprint density at radius 3 is 2.96 bits per heavy atom. The van der Waals surface area contributed by atoms with Crippen molar-refractivity contribution in [3.05, 3.63) is 54.1 Å². The summed E-state index contributed by atoms with van der Waals surface area (Å²) in [7, 11) is 0. The number of carbonyl (C=O) groups is 1. The molecule has 1 fully saturated rings. The highest BCUT2D eigenvalue weighted by Crippen LogP contribution is 2.22. The molecule has 4 nitrogen and oxygen atoms in total. The summed E-state index contributed by atoms with van der Waals surface area (Å²) in [5.74, 6) is 0.883. The van der Waals surface area contributed by atoms with Gasteiger partial charge < -0.3 is 14.4 Å². The van der Waals surface area contributed by atoms with Crippen LogP contribution in [0.3, 0.4) is 0 Å². The number of allylic oxidation sites excluding steroid dienone is 2. The van der Waals surface area contributed by atoms with Gasteiger partial charge in [0.1, 0.15) is 18.5 Å². The van der Waals surface area contributed by atoms with E-state index in [-0.39, 0.29) is 17.9 Å². The van der Waals surface area contributed by atoms with Crippen LogP contribution in [-0.4, -0.2) is 43.2 Å². The van der Waals surface area contributed by atoms with E-state index in [0.717, 1.165) is 17.7 Å². The highest BCUT2D eigenvalue weighted by molar-refractivity contribution is 5.83. The van der Waals surface area contributed by atoms with Crippen LogP contribution in [0.4, 0.5) is 0 Å². The molecule has 0 bridgehead atoms. The Bertz CT molecular complexity index is 594. The van der Waals surface area contributed by atoms with Crippen molar-refractivity contribution in [2.45, 2.75) is 19.4 Å². The number of morpholine rings is 1. The molecule has 1 aromatic carbocycles. The Hall–Kier alpha value is -2.07. The molecule has 1 aliphatic heterocycles. The minimum absolute atomic E-state index is 0.0789. The van der Waals surface area contributed by atoms with Crippen LogP contribution in [-0.2, 0) is 9.53 Å². The van der Waals surface area contributed by atoms with Gasteiger partial charge in [-0.15, -0.1) is 0 Å². The molecule has 0 spiro atoms.